The van der Waals surface area contributed by atoms with Gasteiger partial charge in [0.05, 0.1) is 6.26 Å². The molecule has 2 aromatic rings. The monoisotopic (exact) mass is 262 g/mol. The van der Waals surface area contributed by atoms with Crippen LogP contribution in [-0.4, -0.2) is 11.9 Å². The Morgan fingerprint density at radius 1 is 1.21 bits per heavy atom. The van der Waals surface area contributed by atoms with Crippen LogP contribution in [0.4, 0.5) is 4.39 Å². The number of hydrogen-bond donors (Lipinski definition) is 1. The highest BCUT2D eigenvalue weighted by atomic mass is 19.1. The third-order valence-corrected chi connectivity index (χ3v) is 3.19. The van der Waals surface area contributed by atoms with Gasteiger partial charge in [0, 0.05) is 30.8 Å². The van der Waals surface area contributed by atoms with Crippen LogP contribution in [0.25, 0.3) is 0 Å². The molecule has 1 heterocycles. The number of aryl methyl sites for hydroxylation is 1. The van der Waals surface area contributed by atoms with Crippen LogP contribution in [0, 0.1) is 12.7 Å². The normalized spacial score (nSPS) is 11.2. The molecule has 3 nitrogen and oxygen atoms in total. The molecule has 0 saturated carbocycles. The summed E-state index contributed by atoms with van der Waals surface area (Å²) < 4.78 is 18.6. The molecule has 0 aliphatic heterocycles. The second-order valence-corrected chi connectivity index (χ2v) is 4.80. The summed E-state index contributed by atoms with van der Waals surface area (Å²) in [5.41, 5.74) is 8.31. The van der Waals surface area contributed by atoms with Crippen LogP contribution in [0.1, 0.15) is 22.5 Å². The van der Waals surface area contributed by atoms with E-state index in [1.807, 2.05) is 26.1 Å². The second-order valence-electron chi connectivity index (χ2n) is 4.80. The quantitative estimate of drug-likeness (QED) is 0.901. The topological polar surface area (TPSA) is 42.4 Å². The highest BCUT2D eigenvalue weighted by Crippen LogP contribution is 2.15. The van der Waals surface area contributed by atoms with Gasteiger partial charge in [-0.1, -0.05) is 12.1 Å². The molecule has 4 heteroatoms. The van der Waals surface area contributed by atoms with Crippen molar-refractivity contribution in [3.63, 3.8) is 0 Å². The molecule has 0 saturated heterocycles. The molecule has 2 N–H and O–H groups in total. The van der Waals surface area contributed by atoms with Crippen molar-refractivity contribution >= 4 is 0 Å². The summed E-state index contributed by atoms with van der Waals surface area (Å²) in [6.07, 6.45) is 1.70. The molecule has 2 rings (SSSR count). The van der Waals surface area contributed by atoms with Gasteiger partial charge in [0.2, 0.25) is 0 Å². The lowest BCUT2D eigenvalue weighted by molar-refractivity contribution is 0.316. The Morgan fingerprint density at radius 2 is 2.00 bits per heavy atom. The van der Waals surface area contributed by atoms with E-state index in [1.54, 1.807) is 12.3 Å². The lowest BCUT2D eigenvalue weighted by Crippen LogP contribution is -2.17. The molecule has 0 radical (unpaired) electrons. The largest absolute Gasteiger partial charge is 0.469 e. The number of hydrogen-bond acceptors (Lipinski definition) is 3. The van der Waals surface area contributed by atoms with Crippen LogP contribution in [0.5, 0.6) is 0 Å². The number of nitrogens with zero attached hydrogens (tertiary/aromatic N) is 1. The average Bonchev–Trinajstić information content (AvgIpc) is 2.77. The Kier molecular flexibility index (Phi) is 4.35. The van der Waals surface area contributed by atoms with Crippen molar-refractivity contribution < 1.29 is 8.81 Å². The molecule has 0 aliphatic rings. The molecule has 0 unspecified atom stereocenters. The van der Waals surface area contributed by atoms with Gasteiger partial charge < -0.3 is 10.2 Å². The maximum Gasteiger partial charge on any atom is 0.127 e. The summed E-state index contributed by atoms with van der Waals surface area (Å²) in [7, 11) is 2.03. The van der Waals surface area contributed by atoms with Crippen molar-refractivity contribution in [3.8, 4) is 0 Å². The zero-order chi connectivity index (χ0) is 13.8. The lowest BCUT2D eigenvalue weighted by Gasteiger charge is -2.17. The minimum absolute atomic E-state index is 0.226. The summed E-state index contributed by atoms with van der Waals surface area (Å²) in [4.78, 5) is 2.16. The Labute approximate surface area is 112 Å². The van der Waals surface area contributed by atoms with Gasteiger partial charge in [0.1, 0.15) is 11.6 Å². The summed E-state index contributed by atoms with van der Waals surface area (Å²) in [6, 6.07) is 7.08. The molecule has 0 spiro atoms. The van der Waals surface area contributed by atoms with E-state index in [2.05, 4.69) is 4.90 Å². The van der Waals surface area contributed by atoms with E-state index in [-0.39, 0.29) is 12.4 Å². The first-order chi connectivity index (χ1) is 9.10. The van der Waals surface area contributed by atoms with Crippen LogP contribution >= 0.6 is 0 Å². The minimum Gasteiger partial charge on any atom is -0.469 e. The SMILES string of the molecule is Cc1occc1CN(C)Cc1ccc(F)c(CN)c1. The number of furan rings is 1. The fourth-order valence-electron chi connectivity index (χ4n) is 2.12. The maximum atomic E-state index is 13.4. The van der Waals surface area contributed by atoms with Gasteiger partial charge in [-0.05, 0) is 31.7 Å². The van der Waals surface area contributed by atoms with Gasteiger partial charge in [-0.25, -0.2) is 4.39 Å². The van der Waals surface area contributed by atoms with Crippen molar-refractivity contribution in [1.82, 2.24) is 4.90 Å². The Balaban J connectivity index is 2.02. The molecule has 0 aliphatic carbocycles. The molecule has 19 heavy (non-hydrogen) atoms. The summed E-state index contributed by atoms with van der Waals surface area (Å²) in [5.74, 6) is 0.702. The van der Waals surface area contributed by atoms with Gasteiger partial charge in [0.15, 0.2) is 0 Å². The second kappa shape index (κ2) is 5.99. The van der Waals surface area contributed by atoms with Crippen molar-refractivity contribution in [1.29, 1.82) is 0 Å². The molecule has 1 aromatic heterocycles. The van der Waals surface area contributed by atoms with Gasteiger partial charge >= 0.3 is 0 Å². The van der Waals surface area contributed by atoms with Crippen molar-refractivity contribution in [2.45, 2.75) is 26.6 Å². The zero-order valence-corrected chi connectivity index (χ0v) is 11.3. The van der Waals surface area contributed by atoms with E-state index >= 15 is 0 Å². The fourth-order valence-corrected chi connectivity index (χ4v) is 2.12. The third kappa shape index (κ3) is 3.43. The minimum atomic E-state index is -0.236. The Bertz CT molecular complexity index is 551. The summed E-state index contributed by atoms with van der Waals surface area (Å²) in [5, 5.41) is 0. The van der Waals surface area contributed by atoms with Crippen LogP contribution in [-0.2, 0) is 19.6 Å². The number of rotatable bonds is 5. The summed E-state index contributed by atoms with van der Waals surface area (Å²) in [6.45, 7) is 3.73. The van der Waals surface area contributed by atoms with Crippen LogP contribution in [0.3, 0.4) is 0 Å². The molecular formula is C15H19FN2O. The van der Waals surface area contributed by atoms with E-state index < -0.39 is 0 Å². The van der Waals surface area contributed by atoms with Gasteiger partial charge in [-0.3, -0.25) is 4.90 Å². The van der Waals surface area contributed by atoms with Crippen LogP contribution in [0.15, 0.2) is 34.9 Å². The van der Waals surface area contributed by atoms with Crippen molar-refractivity contribution in [3.05, 3.63) is 58.8 Å². The van der Waals surface area contributed by atoms with E-state index in [0.29, 0.717) is 5.56 Å². The first-order valence-electron chi connectivity index (χ1n) is 6.29. The van der Waals surface area contributed by atoms with Gasteiger partial charge in [-0.15, -0.1) is 0 Å². The van der Waals surface area contributed by atoms with E-state index in [4.69, 9.17) is 10.2 Å². The molecule has 1 aromatic carbocycles. The van der Waals surface area contributed by atoms with Crippen LogP contribution < -0.4 is 5.73 Å². The number of nitrogens with two attached hydrogens (primary N) is 1. The number of benzene rings is 1. The van der Waals surface area contributed by atoms with Crippen molar-refractivity contribution in [2.24, 2.45) is 5.73 Å². The highest BCUT2D eigenvalue weighted by Gasteiger charge is 2.08. The van der Waals surface area contributed by atoms with Gasteiger partial charge in [0.25, 0.3) is 0 Å². The first-order valence-corrected chi connectivity index (χ1v) is 6.29. The standard InChI is InChI=1S/C15H19FN2O/c1-11-13(5-6-19-11)10-18(2)9-12-3-4-15(16)14(7-12)8-17/h3-7H,8-10,17H2,1-2H3. The van der Waals surface area contributed by atoms with E-state index in [9.17, 15) is 4.39 Å². The van der Waals surface area contributed by atoms with Gasteiger partial charge in [-0.2, -0.15) is 0 Å². The van der Waals surface area contributed by atoms with Crippen molar-refractivity contribution in [2.75, 3.05) is 7.05 Å². The molecule has 0 fully saturated rings. The first kappa shape index (κ1) is 13.8. The van der Waals surface area contributed by atoms with Crippen LogP contribution in [0.2, 0.25) is 0 Å². The Hall–Kier alpha value is -1.65. The zero-order valence-electron chi connectivity index (χ0n) is 11.3. The molecule has 0 atom stereocenters. The van der Waals surface area contributed by atoms with E-state index in [0.717, 1.165) is 24.4 Å². The molecule has 0 bridgehead atoms. The molecular weight excluding hydrogens is 243 g/mol. The average molecular weight is 262 g/mol. The highest BCUT2D eigenvalue weighted by molar-refractivity contribution is 5.25. The third-order valence-electron chi connectivity index (χ3n) is 3.19. The number of halogens is 1. The summed E-state index contributed by atoms with van der Waals surface area (Å²) >= 11 is 0. The van der Waals surface area contributed by atoms with E-state index in [1.165, 1.54) is 11.6 Å². The predicted octanol–water partition coefficient (Wildman–Crippen LogP) is 2.82. The fraction of sp³-hybridized carbons (Fsp3) is 0.333. The molecule has 102 valence electrons. The lowest BCUT2D eigenvalue weighted by atomic mass is 10.1. The smallest absolute Gasteiger partial charge is 0.127 e. The Morgan fingerprint density at radius 3 is 2.63 bits per heavy atom. The predicted molar refractivity (Wildman–Crippen MR) is 72.9 cm³/mol. The maximum absolute atomic E-state index is 13.4. The molecule has 0 amide bonds.